The Hall–Kier alpha value is -2.64. The Morgan fingerprint density at radius 1 is 1.32 bits per heavy atom. The van der Waals surface area contributed by atoms with Crippen LogP contribution in [0, 0.1) is 0 Å². The largest absolute Gasteiger partial charge is 0.478 e. The van der Waals surface area contributed by atoms with Crippen molar-refractivity contribution in [1.82, 2.24) is 25.5 Å². The standard InChI is InChI=1S/C17H22N6O2/c1-25-17-15(18-7-8-19-17)23-9-6-11(10-23)20-16(24)14-12-4-2-3-5-13(12)21-22-14/h7-8,11H,2-6,9-10H2,1H3,(H,20,24)(H,21,22). The molecule has 1 fully saturated rings. The first-order valence-corrected chi connectivity index (χ1v) is 8.73. The lowest BCUT2D eigenvalue weighted by atomic mass is 9.95. The van der Waals surface area contributed by atoms with Gasteiger partial charge in [0, 0.05) is 42.8 Å². The molecule has 2 N–H and O–H groups in total. The lowest BCUT2D eigenvalue weighted by Gasteiger charge is -2.19. The minimum absolute atomic E-state index is 0.0650. The molecule has 1 amide bonds. The fourth-order valence-corrected chi connectivity index (χ4v) is 3.67. The molecule has 8 nitrogen and oxygen atoms in total. The van der Waals surface area contributed by atoms with Crippen LogP contribution in [0.25, 0.3) is 0 Å². The summed E-state index contributed by atoms with van der Waals surface area (Å²) in [7, 11) is 1.59. The van der Waals surface area contributed by atoms with Crippen LogP contribution in [0.4, 0.5) is 5.82 Å². The van der Waals surface area contributed by atoms with Crippen molar-refractivity contribution < 1.29 is 9.53 Å². The molecule has 132 valence electrons. The number of aryl methyl sites for hydroxylation is 1. The molecular formula is C17H22N6O2. The van der Waals surface area contributed by atoms with E-state index in [0.29, 0.717) is 18.1 Å². The second kappa shape index (κ2) is 6.70. The first-order valence-electron chi connectivity index (χ1n) is 8.73. The lowest BCUT2D eigenvalue weighted by Crippen LogP contribution is -2.38. The van der Waals surface area contributed by atoms with E-state index >= 15 is 0 Å². The molecule has 0 saturated carbocycles. The summed E-state index contributed by atoms with van der Waals surface area (Å²) in [5, 5.41) is 10.4. The fraction of sp³-hybridized carbons (Fsp3) is 0.529. The summed E-state index contributed by atoms with van der Waals surface area (Å²) < 4.78 is 5.28. The van der Waals surface area contributed by atoms with Gasteiger partial charge in [-0.15, -0.1) is 0 Å². The normalized spacial score (nSPS) is 19.6. The van der Waals surface area contributed by atoms with E-state index in [-0.39, 0.29) is 11.9 Å². The van der Waals surface area contributed by atoms with E-state index < -0.39 is 0 Å². The van der Waals surface area contributed by atoms with Crippen LogP contribution in [0.5, 0.6) is 5.88 Å². The summed E-state index contributed by atoms with van der Waals surface area (Å²) in [5.41, 5.74) is 2.77. The number of aromatic nitrogens is 4. The van der Waals surface area contributed by atoms with E-state index in [0.717, 1.165) is 55.7 Å². The molecule has 1 unspecified atom stereocenters. The molecule has 1 aliphatic heterocycles. The Balaban J connectivity index is 1.43. The second-order valence-electron chi connectivity index (χ2n) is 6.53. The molecule has 4 rings (SSSR count). The van der Waals surface area contributed by atoms with Crippen molar-refractivity contribution in [2.24, 2.45) is 0 Å². The van der Waals surface area contributed by atoms with Crippen molar-refractivity contribution in [2.75, 3.05) is 25.1 Å². The van der Waals surface area contributed by atoms with Crippen LogP contribution in [0.3, 0.4) is 0 Å². The molecule has 8 heteroatoms. The smallest absolute Gasteiger partial charge is 0.272 e. The number of H-pyrrole nitrogens is 1. The summed E-state index contributed by atoms with van der Waals surface area (Å²) in [4.78, 5) is 23.3. The zero-order valence-corrected chi connectivity index (χ0v) is 14.3. The molecule has 3 heterocycles. The highest BCUT2D eigenvalue weighted by Crippen LogP contribution is 2.26. The number of aromatic amines is 1. The van der Waals surface area contributed by atoms with Crippen LogP contribution in [-0.2, 0) is 12.8 Å². The Kier molecular flexibility index (Phi) is 4.25. The minimum atomic E-state index is -0.0858. The van der Waals surface area contributed by atoms with E-state index in [1.165, 1.54) is 0 Å². The number of methoxy groups -OCH3 is 1. The van der Waals surface area contributed by atoms with Crippen LogP contribution in [-0.4, -0.2) is 52.3 Å². The van der Waals surface area contributed by atoms with Crippen molar-refractivity contribution >= 4 is 11.7 Å². The third-order valence-corrected chi connectivity index (χ3v) is 4.93. The Labute approximate surface area is 146 Å². The number of hydrogen-bond donors (Lipinski definition) is 2. The van der Waals surface area contributed by atoms with Crippen molar-refractivity contribution in [3.05, 3.63) is 29.3 Å². The Bertz CT molecular complexity index is 774. The van der Waals surface area contributed by atoms with Gasteiger partial charge in [-0.05, 0) is 32.1 Å². The molecule has 2 aromatic rings. The number of nitrogens with one attached hydrogen (secondary N) is 2. The number of rotatable bonds is 4. The maximum absolute atomic E-state index is 12.6. The average Bonchev–Trinajstić information content (AvgIpc) is 3.28. The summed E-state index contributed by atoms with van der Waals surface area (Å²) in [6, 6.07) is 0.0650. The number of ether oxygens (including phenoxy) is 1. The van der Waals surface area contributed by atoms with Gasteiger partial charge >= 0.3 is 0 Å². The van der Waals surface area contributed by atoms with Crippen molar-refractivity contribution in [2.45, 2.75) is 38.1 Å². The first kappa shape index (κ1) is 15.9. The third-order valence-electron chi connectivity index (χ3n) is 4.93. The van der Waals surface area contributed by atoms with E-state index in [2.05, 4.69) is 30.4 Å². The maximum Gasteiger partial charge on any atom is 0.272 e. The Morgan fingerprint density at radius 2 is 2.16 bits per heavy atom. The highest BCUT2D eigenvalue weighted by atomic mass is 16.5. The molecule has 1 atom stereocenters. The van der Waals surface area contributed by atoms with Gasteiger partial charge in [0.1, 0.15) is 0 Å². The second-order valence-corrected chi connectivity index (χ2v) is 6.53. The van der Waals surface area contributed by atoms with Gasteiger partial charge < -0.3 is 15.0 Å². The molecule has 0 aromatic carbocycles. The average molecular weight is 342 g/mol. The summed E-state index contributed by atoms with van der Waals surface area (Å²) in [5.74, 6) is 1.15. The maximum atomic E-state index is 12.6. The number of carbonyl (C=O) groups is 1. The van der Waals surface area contributed by atoms with E-state index in [1.807, 2.05) is 0 Å². The van der Waals surface area contributed by atoms with Gasteiger partial charge in [-0.3, -0.25) is 9.89 Å². The van der Waals surface area contributed by atoms with Gasteiger partial charge in [0.15, 0.2) is 11.5 Å². The van der Waals surface area contributed by atoms with Gasteiger partial charge in [0.2, 0.25) is 0 Å². The van der Waals surface area contributed by atoms with E-state index in [4.69, 9.17) is 4.74 Å². The molecule has 25 heavy (non-hydrogen) atoms. The zero-order chi connectivity index (χ0) is 17.2. The molecule has 2 aromatic heterocycles. The van der Waals surface area contributed by atoms with Gasteiger partial charge in [0.05, 0.1) is 7.11 Å². The molecule has 0 bridgehead atoms. The summed E-state index contributed by atoms with van der Waals surface area (Å²) >= 11 is 0. The predicted octanol–water partition coefficient (Wildman–Crippen LogP) is 1.10. The van der Waals surface area contributed by atoms with Gasteiger partial charge in [0.25, 0.3) is 11.8 Å². The first-order chi connectivity index (χ1) is 12.3. The topological polar surface area (TPSA) is 96.0 Å². The van der Waals surface area contributed by atoms with Crippen LogP contribution < -0.4 is 15.0 Å². The van der Waals surface area contributed by atoms with Crippen LogP contribution in [0.15, 0.2) is 12.4 Å². The molecule has 1 saturated heterocycles. The molecule has 2 aliphatic rings. The molecule has 0 spiro atoms. The van der Waals surface area contributed by atoms with Crippen molar-refractivity contribution in [3.8, 4) is 5.88 Å². The number of carbonyl (C=O) groups excluding carboxylic acids is 1. The Morgan fingerprint density at radius 3 is 3.04 bits per heavy atom. The number of hydrogen-bond acceptors (Lipinski definition) is 6. The van der Waals surface area contributed by atoms with Crippen LogP contribution in [0.2, 0.25) is 0 Å². The zero-order valence-electron chi connectivity index (χ0n) is 14.3. The summed E-state index contributed by atoms with van der Waals surface area (Å²) in [6.45, 7) is 1.49. The summed E-state index contributed by atoms with van der Waals surface area (Å²) in [6.07, 6.45) is 8.32. The number of anilines is 1. The monoisotopic (exact) mass is 342 g/mol. The molecule has 0 radical (unpaired) electrons. The fourth-order valence-electron chi connectivity index (χ4n) is 3.67. The molecular weight excluding hydrogens is 320 g/mol. The van der Waals surface area contributed by atoms with Crippen LogP contribution >= 0.6 is 0 Å². The predicted molar refractivity (Wildman–Crippen MR) is 91.9 cm³/mol. The van der Waals surface area contributed by atoms with Crippen LogP contribution in [0.1, 0.15) is 41.0 Å². The number of amides is 1. The number of nitrogens with zero attached hydrogens (tertiary/aromatic N) is 4. The van der Waals surface area contributed by atoms with Gasteiger partial charge in [-0.2, -0.15) is 5.10 Å². The van der Waals surface area contributed by atoms with E-state index in [1.54, 1.807) is 19.5 Å². The SMILES string of the molecule is COc1nccnc1N1CCC(NC(=O)c2n[nH]c3c2CCCC3)C1. The van der Waals surface area contributed by atoms with Crippen molar-refractivity contribution in [3.63, 3.8) is 0 Å². The highest BCUT2D eigenvalue weighted by molar-refractivity contribution is 5.94. The quantitative estimate of drug-likeness (QED) is 0.864. The minimum Gasteiger partial charge on any atom is -0.478 e. The van der Waals surface area contributed by atoms with E-state index in [9.17, 15) is 4.79 Å². The molecule has 1 aliphatic carbocycles. The third kappa shape index (κ3) is 3.04. The number of fused-ring (bicyclic) bond motifs is 1. The lowest BCUT2D eigenvalue weighted by molar-refractivity contribution is 0.0934. The van der Waals surface area contributed by atoms with Gasteiger partial charge in [-0.1, -0.05) is 0 Å². The van der Waals surface area contributed by atoms with Crippen molar-refractivity contribution in [1.29, 1.82) is 0 Å². The highest BCUT2D eigenvalue weighted by Gasteiger charge is 2.29. The van der Waals surface area contributed by atoms with Gasteiger partial charge in [-0.25, -0.2) is 9.97 Å².